The number of nitrogens with two attached hydrogens (primary N) is 3. The molecule has 13 nitrogen and oxygen atoms in total. The molecule has 0 bridgehead atoms. The Labute approximate surface area is 221 Å². The summed E-state index contributed by atoms with van der Waals surface area (Å²) in [7, 11) is 0. The number of amides is 3. The van der Waals surface area contributed by atoms with Crippen LogP contribution in [0.3, 0.4) is 0 Å². The van der Waals surface area contributed by atoms with Gasteiger partial charge in [-0.3, -0.25) is 24.2 Å². The van der Waals surface area contributed by atoms with Gasteiger partial charge in [0.05, 0.1) is 6.04 Å². The van der Waals surface area contributed by atoms with Crippen LogP contribution in [0.4, 0.5) is 0 Å². The van der Waals surface area contributed by atoms with Crippen molar-refractivity contribution in [2.75, 3.05) is 13.1 Å². The number of fused-ring (bicyclic) bond motifs is 1. The van der Waals surface area contributed by atoms with Gasteiger partial charge in [-0.2, -0.15) is 0 Å². The molecular formula is C25H38N8O5. The van der Waals surface area contributed by atoms with Crippen molar-refractivity contribution in [1.29, 1.82) is 0 Å². The van der Waals surface area contributed by atoms with E-state index in [0.717, 1.165) is 16.5 Å². The second-order valence-corrected chi connectivity index (χ2v) is 9.16. The summed E-state index contributed by atoms with van der Waals surface area (Å²) >= 11 is 0. The molecule has 4 unspecified atom stereocenters. The van der Waals surface area contributed by atoms with Crippen molar-refractivity contribution in [2.24, 2.45) is 28.1 Å². The van der Waals surface area contributed by atoms with Gasteiger partial charge in [0.1, 0.15) is 18.6 Å². The van der Waals surface area contributed by atoms with Crippen LogP contribution < -0.4 is 33.2 Å². The summed E-state index contributed by atoms with van der Waals surface area (Å²) in [5, 5.41) is 17.5. The van der Waals surface area contributed by atoms with Crippen LogP contribution in [-0.2, 0) is 25.6 Å². The van der Waals surface area contributed by atoms with E-state index in [0.29, 0.717) is 19.4 Å². The van der Waals surface area contributed by atoms with Crippen molar-refractivity contribution in [3.05, 3.63) is 36.0 Å². The van der Waals surface area contributed by atoms with Gasteiger partial charge in [-0.1, -0.05) is 38.5 Å². The molecule has 3 amide bonds. The van der Waals surface area contributed by atoms with Gasteiger partial charge >= 0.3 is 5.97 Å². The zero-order valence-electron chi connectivity index (χ0n) is 21.7. The highest BCUT2D eigenvalue weighted by atomic mass is 16.4. The molecule has 1 aromatic heterocycles. The summed E-state index contributed by atoms with van der Waals surface area (Å²) in [6, 6.07) is 4.58. The molecule has 11 N–H and O–H groups in total. The molecule has 4 atom stereocenters. The van der Waals surface area contributed by atoms with E-state index >= 15 is 0 Å². The SMILES string of the molecule is CCC(C)C(NC(=O)C(Cc1c[nH]c2ccccc12)NC(=O)C(N)CCCN=C(N)N)C(=O)NCC(=O)O. The number of nitrogens with one attached hydrogen (secondary N) is 4. The Morgan fingerprint density at radius 1 is 1.08 bits per heavy atom. The van der Waals surface area contributed by atoms with Crippen LogP contribution in [0.2, 0.25) is 0 Å². The Kier molecular flexibility index (Phi) is 11.5. The van der Waals surface area contributed by atoms with Crippen molar-refractivity contribution < 1.29 is 24.3 Å². The van der Waals surface area contributed by atoms with E-state index in [1.165, 1.54) is 0 Å². The molecule has 0 spiro atoms. The number of nitrogens with zero attached hydrogens (tertiary/aromatic N) is 1. The second-order valence-electron chi connectivity index (χ2n) is 9.16. The normalized spacial score (nSPS) is 14.1. The summed E-state index contributed by atoms with van der Waals surface area (Å²) in [5.41, 5.74) is 18.3. The monoisotopic (exact) mass is 530 g/mol. The molecule has 1 heterocycles. The highest BCUT2D eigenvalue weighted by molar-refractivity contribution is 5.94. The zero-order valence-corrected chi connectivity index (χ0v) is 21.7. The number of guanidine groups is 1. The van der Waals surface area contributed by atoms with E-state index in [1.807, 2.05) is 31.2 Å². The number of aromatic amines is 1. The number of aliphatic carboxylic acids is 1. The summed E-state index contributed by atoms with van der Waals surface area (Å²) in [4.78, 5) is 57.0. The molecule has 0 aliphatic rings. The van der Waals surface area contributed by atoms with E-state index in [1.54, 1.807) is 13.1 Å². The van der Waals surface area contributed by atoms with Crippen molar-refractivity contribution in [2.45, 2.75) is 57.7 Å². The third kappa shape index (κ3) is 9.07. The topological polar surface area (TPSA) is 231 Å². The average Bonchev–Trinajstić information content (AvgIpc) is 3.29. The Morgan fingerprint density at radius 2 is 1.79 bits per heavy atom. The fourth-order valence-electron chi connectivity index (χ4n) is 3.89. The van der Waals surface area contributed by atoms with Gasteiger partial charge in [-0.15, -0.1) is 0 Å². The molecule has 0 radical (unpaired) electrons. The molecule has 208 valence electrons. The van der Waals surface area contributed by atoms with Gasteiger partial charge in [0.2, 0.25) is 17.7 Å². The van der Waals surface area contributed by atoms with Crippen LogP contribution in [0.25, 0.3) is 10.9 Å². The van der Waals surface area contributed by atoms with Gasteiger partial charge in [-0.05, 0) is 30.4 Å². The van der Waals surface area contributed by atoms with Gasteiger partial charge in [0.25, 0.3) is 0 Å². The maximum atomic E-state index is 13.5. The molecule has 38 heavy (non-hydrogen) atoms. The summed E-state index contributed by atoms with van der Waals surface area (Å²) in [6.07, 6.45) is 3.19. The summed E-state index contributed by atoms with van der Waals surface area (Å²) in [6.45, 7) is 3.35. The number of para-hydroxylation sites is 1. The van der Waals surface area contributed by atoms with E-state index in [9.17, 15) is 19.2 Å². The Morgan fingerprint density at radius 3 is 2.45 bits per heavy atom. The first-order chi connectivity index (χ1) is 18.0. The van der Waals surface area contributed by atoms with Gasteiger partial charge in [0, 0.05) is 30.1 Å². The average molecular weight is 531 g/mol. The number of carboxylic acid groups (broad SMARTS) is 1. The molecule has 2 rings (SSSR count). The Hall–Kier alpha value is -4.13. The van der Waals surface area contributed by atoms with E-state index < -0.39 is 48.4 Å². The summed E-state index contributed by atoms with van der Waals surface area (Å²) < 4.78 is 0. The maximum absolute atomic E-state index is 13.5. The third-order valence-electron chi connectivity index (χ3n) is 6.24. The van der Waals surface area contributed by atoms with Crippen LogP contribution in [0.5, 0.6) is 0 Å². The van der Waals surface area contributed by atoms with Gasteiger partial charge in [-0.25, -0.2) is 0 Å². The van der Waals surface area contributed by atoms with Crippen LogP contribution >= 0.6 is 0 Å². The number of benzene rings is 1. The summed E-state index contributed by atoms with van der Waals surface area (Å²) in [5.74, 6) is -3.30. The van der Waals surface area contributed by atoms with E-state index in [-0.39, 0.29) is 24.7 Å². The first-order valence-corrected chi connectivity index (χ1v) is 12.5. The highest BCUT2D eigenvalue weighted by Crippen LogP contribution is 2.19. The minimum atomic E-state index is -1.20. The van der Waals surface area contributed by atoms with Crippen LogP contribution in [-0.4, -0.2) is 71.0 Å². The highest BCUT2D eigenvalue weighted by Gasteiger charge is 2.31. The predicted octanol–water partition coefficient (Wildman–Crippen LogP) is -0.692. The lowest BCUT2D eigenvalue weighted by atomic mass is 9.97. The number of rotatable bonds is 15. The van der Waals surface area contributed by atoms with Gasteiger partial charge < -0.3 is 43.2 Å². The van der Waals surface area contributed by atoms with Crippen molar-refractivity contribution in [3.8, 4) is 0 Å². The maximum Gasteiger partial charge on any atom is 0.322 e. The van der Waals surface area contributed by atoms with E-state index in [4.69, 9.17) is 22.3 Å². The van der Waals surface area contributed by atoms with Crippen LogP contribution in [0, 0.1) is 5.92 Å². The van der Waals surface area contributed by atoms with Crippen LogP contribution in [0.1, 0.15) is 38.7 Å². The quantitative estimate of drug-likeness (QED) is 0.0832. The molecule has 0 aliphatic carbocycles. The standard InChI is InChI=1S/C25H38N8O5/c1-3-14(2)21(24(38)31-13-20(34)35)33-23(37)19(11-15-12-30-18-9-5-4-7-16(15)18)32-22(36)17(26)8-6-10-29-25(27)28/h4-5,7,9,12,14,17,19,21,30H,3,6,8,10-11,13,26H2,1-2H3,(H,31,38)(H,32,36)(H,33,37)(H,34,35)(H4,27,28,29). The molecule has 1 aromatic carbocycles. The largest absolute Gasteiger partial charge is 0.480 e. The molecule has 13 heteroatoms. The Balaban J connectivity index is 2.23. The molecule has 0 aliphatic heterocycles. The van der Waals surface area contributed by atoms with Crippen molar-refractivity contribution in [3.63, 3.8) is 0 Å². The molecule has 2 aromatic rings. The van der Waals surface area contributed by atoms with Crippen molar-refractivity contribution in [1.82, 2.24) is 20.9 Å². The number of hydrogen-bond acceptors (Lipinski definition) is 6. The number of hydrogen-bond donors (Lipinski definition) is 8. The van der Waals surface area contributed by atoms with Crippen LogP contribution in [0.15, 0.2) is 35.5 Å². The minimum Gasteiger partial charge on any atom is -0.480 e. The number of carboxylic acids is 1. The smallest absolute Gasteiger partial charge is 0.322 e. The number of H-pyrrole nitrogens is 1. The first kappa shape index (κ1) is 30.1. The number of aromatic nitrogens is 1. The number of aliphatic imine (C=N–C) groups is 1. The lowest BCUT2D eigenvalue weighted by molar-refractivity contribution is -0.139. The Bertz CT molecular complexity index is 1140. The molecule has 0 saturated carbocycles. The molecule has 0 fully saturated rings. The lowest BCUT2D eigenvalue weighted by Crippen LogP contribution is -2.58. The third-order valence-corrected chi connectivity index (χ3v) is 6.24. The number of carbonyl (C=O) groups excluding carboxylic acids is 3. The predicted molar refractivity (Wildman–Crippen MR) is 144 cm³/mol. The number of carbonyl (C=O) groups is 4. The fourth-order valence-corrected chi connectivity index (χ4v) is 3.89. The minimum absolute atomic E-state index is 0.0539. The molecule has 0 saturated heterocycles. The molecular weight excluding hydrogens is 492 g/mol. The lowest BCUT2D eigenvalue weighted by Gasteiger charge is -2.27. The zero-order chi connectivity index (χ0) is 28.2. The van der Waals surface area contributed by atoms with Crippen molar-refractivity contribution >= 4 is 40.6 Å². The van der Waals surface area contributed by atoms with E-state index in [2.05, 4.69) is 25.9 Å². The fraction of sp³-hybridized carbons (Fsp3) is 0.480. The van der Waals surface area contributed by atoms with Gasteiger partial charge in [0.15, 0.2) is 5.96 Å². The first-order valence-electron chi connectivity index (χ1n) is 12.5. The second kappa shape index (κ2) is 14.6.